The molecular formula is C15H10FNO2. The smallest absolute Gasteiger partial charge is 0.228 e. The maximum absolute atomic E-state index is 13.1. The molecule has 1 N–H and O–H groups in total. The largest absolute Gasteiger partial charge is 0.326 e. The molecule has 0 aromatic heterocycles. The highest BCUT2D eigenvalue weighted by molar-refractivity contribution is 6.10. The van der Waals surface area contributed by atoms with Crippen molar-refractivity contribution >= 4 is 17.4 Å². The van der Waals surface area contributed by atoms with Crippen LogP contribution >= 0.6 is 0 Å². The minimum atomic E-state index is -0.441. The Kier molecular flexibility index (Phi) is 2.63. The van der Waals surface area contributed by atoms with Gasteiger partial charge in [-0.05, 0) is 35.9 Å². The number of carbonyl (C=O) groups is 2. The van der Waals surface area contributed by atoms with Crippen LogP contribution < -0.4 is 5.32 Å². The molecule has 0 saturated heterocycles. The molecule has 19 heavy (non-hydrogen) atoms. The Morgan fingerprint density at radius 2 is 1.89 bits per heavy atom. The lowest BCUT2D eigenvalue weighted by atomic mass is 10.0. The standard InChI is InChI=1S/C15H10FNO2/c16-12-3-1-2-9(7-12)15(19)10-4-5-13-11(6-10)8-14(18)17-13/h1-7H,8H2,(H,17,18). The van der Waals surface area contributed by atoms with Gasteiger partial charge in [0.1, 0.15) is 5.82 Å². The van der Waals surface area contributed by atoms with E-state index in [1.54, 1.807) is 24.3 Å². The molecule has 0 spiro atoms. The summed E-state index contributed by atoms with van der Waals surface area (Å²) in [6.45, 7) is 0. The van der Waals surface area contributed by atoms with Crippen LogP contribution in [0.4, 0.5) is 10.1 Å². The third kappa shape index (κ3) is 2.12. The van der Waals surface area contributed by atoms with Crippen molar-refractivity contribution in [2.45, 2.75) is 6.42 Å². The van der Waals surface area contributed by atoms with Gasteiger partial charge in [0.25, 0.3) is 0 Å². The molecular weight excluding hydrogens is 245 g/mol. The summed E-state index contributed by atoms with van der Waals surface area (Å²) >= 11 is 0. The maximum atomic E-state index is 13.1. The van der Waals surface area contributed by atoms with E-state index in [-0.39, 0.29) is 18.1 Å². The quantitative estimate of drug-likeness (QED) is 0.838. The molecule has 0 aliphatic carbocycles. The number of nitrogens with one attached hydrogen (secondary N) is 1. The van der Waals surface area contributed by atoms with Gasteiger partial charge in [-0.25, -0.2) is 4.39 Å². The highest BCUT2D eigenvalue weighted by Crippen LogP contribution is 2.25. The Balaban J connectivity index is 1.97. The van der Waals surface area contributed by atoms with Crippen LogP contribution in [0.15, 0.2) is 42.5 Å². The number of ketones is 1. The molecule has 0 atom stereocenters. The van der Waals surface area contributed by atoms with Crippen LogP contribution in [0, 0.1) is 5.82 Å². The van der Waals surface area contributed by atoms with E-state index in [1.807, 2.05) is 0 Å². The highest BCUT2D eigenvalue weighted by Gasteiger charge is 2.19. The third-order valence-electron chi connectivity index (χ3n) is 3.08. The van der Waals surface area contributed by atoms with Crippen molar-refractivity contribution in [2.75, 3.05) is 5.32 Å². The number of benzene rings is 2. The average Bonchev–Trinajstić information content (AvgIpc) is 2.76. The molecule has 4 heteroatoms. The first-order valence-corrected chi connectivity index (χ1v) is 5.86. The van der Waals surface area contributed by atoms with Crippen molar-refractivity contribution in [1.29, 1.82) is 0 Å². The van der Waals surface area contributed by atoms with E-state index in [0.717, 1.165) is 11.3 Å². The van der Waals surface area contributed by atoms with Gasteiger partial charge in [-0.3, -0.25) is 9.59 Å². The molecule has 0 fully saturated rings. The Hall–Kier alpha value is -2.49. The van der Waals surface area contributed by atoms with Gasteiger partial charge < -0.3 is 5.32 Å². The van der Waals surface area contributed by atoms with Gasteiger partial charge in [-0.2, -0.15) is 0 Å². The van der Waals surface area contributed by atoms with E-state index in [9.17, 15) is 14.0 Å². The van der Waals surface area contributed by atoms with Crippen molar-refractivity contribution in [1.82, 2.24) is 0 Å². The van der Waals surface area contributed by atoms with E-state index in [4.69, 9.17) is 0 Å². The van der Waals surface area contributed by atoms with Gasteiger partial charge in [0.2, 0.25) is 5.91 Å². The zero-order valence-electron chi connectivity index (χ0n) is 9.94. The van der Waals surface area contributed by atoms with Crippen LogP contribution in [-0.4, -0.2) is 11.7 Å². The summed E-state index contributed by atoms with van der Waals surface area (Å²) in [5.74, 6) is -0.768. The lowest BCUT2D eigenvalue weighted by Gasteiger charge is -2.04. The maximum Gasteiger partial charge on any atom is 0.228 e. The predicted molar refractivity (Wildman–Crippen MR) is 68.6 cm³/mol. The van der Waals surface area contributed by atoms with Gasteiger partial charge in [-0.1, -0.05) is 12.1 Å². The van der Waals surface area contributed by atoms with E-state index in [2.05, 4.69) is 5.32 Å². The Morgan fingerprint density at radius 1 is 1.11 bits per heavy atom. The molecule has 3 rings (SSSR count). The fraction of sp³-hybridized carbons (Fsp3) is 0.0667. The van der Waals surface area contributed by atoms with Crippen molar-refractivity contribution in [3.05, 3.63) is 65.0 Å². The average molecular weight is 255 g/mol. The second-order valence-electron chi connectivity index (χ2n) is 4.44. The molecule has 0 unspecified atom stereocenters. The first-order valence-electron chi connectivity index (χ1n) is 5.86. The van der Waals surface area contributed by atoms with E-state index in [1.165, 1.54) is 18.2 Å². The summed E-state index contributed by atoms with van der Waals surface area (Å²) in [5, 5.41) is 2.70. The number of carbonyl (C=O) groups excluding carboxylic acids is 2. The highest BCUT2D eigenvalue weighted by atomic mass is 19.1. The molecule has 1 heterocycles. The molecule has 0 bridgehead atoms. The van der Waals surface area contributed by atoms with Gasteiger partial charge >= 0.3 is 0 Å². The molecule has 1 aliphatic heterocycles. The van der Waals surface area contributed by atoms with Crippen molar-refractivity contribution in [2.24, 2.45) is 0 Å². The number of hydrogen-bond acceptors (Lipinski definition) is 2. The zero-order valence-corrected chi connectivity index (χ0v) is 9.94. The second-order valence-corrected chi connectivity index (χ2v) is 4.44. The topological polar surface area (TPSA) is 46.2 Å². The number of fused-ring (bicyclic) bond motifs is 1. The SMILES string of the molecule is O=C1Cc2cc(C(=O)c3cccc(F)c3)ccc2N1. The van der Waals surface area contributed by atoms with E-state index in [0.29, 0.717) is 11.1 Å². The van der Waals surface area contributed by atoms with Crippen LogP contribution in [-0.2, 0) is 11.2 Å². The third-order valence-corrected chi connectivity index (χ3v) is 3.08. The monoisotopic (exact) mass is 255 g/mol. The molecule has 3 nitrogen and oxygen atoms in total. The first-order chi connectivity index (χ1) is 9.13. The van der Waals surface area contributed by atoms with Crippen LogP contribution in [0.1, 0.15) is 21.5 Å². The fourth-order valence-corrected chi connectivity index (χ4v) is 2.17. The van der Waals surface area contributed by atoms with E-state index < -0.39 is 5.82 Å². The number of anilines is 1. The summed E-state index contributed by atoms with van der Waals surface area (Å²) in [7, 11) is 0. The van der Waals surface area contributed by atoms with Crippen LogP contribution in [0.5, 0.6) is 0 Å². The van der Waals surface area contributed by atoms with Gasteiger partial charge in [-0.15, -0.1) is 0 Å². The second kappa shape index (κ2) is 4.31. The molecule has 2 aromatic rings. The normalized spacial score (nSPS) is 13.0. The van der Waals surface area contributed by atoms with Crippen LogP contribution in [0.2, 0.25) is 0 Å². The molecule has 0 radical (unpaired) electrons. The van der Waals surface area contributed by atoms with Crippen molar-refractivity contribution < 1.29 is 14.0 Å². The van der Waals surface area contributed by atoms with Crippen LogP contribution in [0.3, 0.4) is 0 Å². The Labute approximate surface area is 109 Å². The Bertz CT molecular complexity index is 694. The number of amides is 1. The molecule has 1 amide bonds. The summed E-state index contributed by atoms with van der Waals surface area (Å²) in [6.07, 6.45) is 0.277. The number of halogens is 1. The van der Waals surface area contributed by atoms with Gasteiger partial charge in [0.05, 0.1) is 6.42 Å². The lowest BCUT2D eigenvalue weighted by Crippen LogP contribution is -2.03. The first kappa shape index (κ1) is 11.6. The lowest BCUT2D eigenvalue weighted by molar-refractivity contribution is -0.115. The summed E-state index contributed by atoms with van der Waals surface area (Å²) in [4.78, 5) is 23.5. The number of rotatable bonds is 2. The minimum Gasteiger partial charge on any atom is -0.326 e. The van der Waals surface area contributed by atoms with Crippen molar-refractivity contribution in [3.63, 3.8) is 0 Å². The summed E-state index contributed by atoms with van der Waals surface area (Å²) in [6, 6.07) is 10.6. The molecule has 2 aromatic carbocycles. The zero-order chi connectivity index (χ0) is 13.4. The van der Waals surface area contributed by atoms with Crippen LogP contribution in [0.25, 0.3) is 0 Å². The molecule has 1 aliphatic rings. The summed E-state index contributed by atoms with van der Waals surface area (Å²) < 4.78 is 13.1. The minimum absolute atomic E-state index is 0.0784. The predicted octanol–water partition coefficient (Wildman–Crippen LogP) is 2.55. The van der Waals surface area contributed by atoms with Gasteiger partial charge in [0, 0.05) is 16.8 Å². The van der Waals surface area contributed by atoms with Gasteiger partial charge in [0.15, 0.2) is 5.78 Å². The fourth-order valence-electron chi connectivity index (χ4n) is 2.17. The summed E-state index contributed by atoms with van der Waals surface area (Å²) in [5.41, 5.74) is 2.30. The Morgan fingerprint density at radius 3 is 2.68 bits per heavy atom. The molecule has 94 valence electrons. The molecule has 0 saturated carbocycles. The van der Waals surface area contributed by atoms with Crippen molar-refractivity contribution in [3.8, 4) is 0 Å². The van der Waals surface area contributed by atoms with E-state index >= 15 is 0 Å². The number of hydrogen-bond donors (Lipinski definition) is 1.